The van der Waals surface area contributed by atoms with Crippen LogP contribution in [0.5, 0.6) is 0 Å². The molecule has 1 aromatic carbocycles. The summed E-state index contributed by atoms with van der Waals surface area (Å²) < 4.78 is 45.2. The topological polar surface area (TPSA) is 74.7 Å². The summed E-state index contributed by atoms with van der Waals surface area (Å²) in [6.07, 6.45) is 0.880. The average molecular weight is 478 g/mol. The molecule has 1 saturated heterocycles. The van der Waals surface area contributed by atoms with Gasteiger partial charge in [-0.05, 0) is 67.9 Å². The van der Waals surface area contributed by atoms with Crippen molar-refractivity contribution in [3.05, 3.63) is 58.8 Å². The molecule has 9 heteroatoms. The van der Waals surface area contributed by atoms with E-state index < -0.39 is 23.8 Å². The van der Waals surface area contributed by atoms with Gasteiger partial charge in [-0.2, -0.15) is 13.2 Å². The number of pyridine rings is 1. The Labute approximate surface area is 197 Å². The Kier molecular flexibility index (Phi) is 7.73. The fraction of sp³-hybridized carbons (Fsp3) is 0.520. The molecule has 0 saturated carbocycles. The number of likely N-dealkylation sites (tertiary alicyclic amines) is 1. The van der Waals surface area contributed by atoms with E-state index in [0.29, 0.717) is 26.1 Å². The first-order valence-corrected chi connectivity index (χ1v) is 11.8. The van der Waals surface area contributed by atoms with E-state index in [2.05, 4.69) is 17.4 Å². The Morgan fingerprint density at radius 2 is 2.12 bits per heavy atom. The smallest absolute Gasteiger partial charge is 0.416 e. The van der Waals surface area contributed by atoms with Gasteiger partial charge < -0.3 is 15.2 Å². The number of aromatic nitrogens is 1. The number of nitrogens with zero attached hydrogens (tertiary/aromatic N) is 2. The summed E-state index contributed by atoms with van der Waals surface area (Å²) >= 11 is 0. The van der Waals surface area contributed by atoms with Gasteiger partial charge in [-0.1, -0.05) is 18.2 Å². The molecular formula is C25H30F3N3O3. The second-order valence-electron chi connectivity index (χ2n) is 8.94. The van der Waals surface area contributed by atoms with Crippen LogP contribution in [0.15, 0.2) is 36.4 Å². The molecule has 6 nitrogen and oxygen atoms in total. The molecular weight excluding hydrogens is 447 g/mol. The first-order valence-electron chi connectivity index (χ1n) is 11.8. The van der Waals surface area contributed by atoms with Crippen LogP contribution in [0.3, 0.4) is 0 Å². The van der Waals surface area contributed by atoms with Crippen molar-refractivity contribution in [3.63, 3.8) is 0 Å². The average Bonchev–Trinajstić information content (AvgIpc) is 3.26. The SMILES string of the molecule is O=C(O)[C@H](c1cccc(C(F)(F)F)c1)N1CC[C@@H](OCCCCc2ccc3c(n2)NCCC3)C1. The van der Waals surface area contributed by atoms with Crippen LogP contribution in [0.4, 0.5) is 19.0 Å². The van der Waals surface area contributed by atoms with Gasteiger partial charge in [0.05, 0.1) is 11.7 Å². The Hall–Kier alpha value is -2.65. The van der Waals surface area contributed by atoms with Crippen molar-refractivity contribution in [1.82, 2.24) is 9.88 Å². The maximum absolute atomic E-state index is 13.1. The quantitative estimate of drug-likeness (QED) is 0.510. The highest BCUT2D eigenvalue weighted by atomic mass is 19.4. The Bertz CT molecular complexity index is 999. The summed E-state index contributed by atoms with van der Waals surface area (Å²) in [5.41, 5.74) is 1.63. The summed E-state index contributed by atoms with van der Waals surface area (Å²) in [5.74, 6) is -0.160. The van der Waals surface area contributed by atoms with Gasteiger partial charge in [0.2, 0.25) is 0 Å². The molecule has 4 rings (SSSR count). The number of unbranched alkanes of at least 4 members (excludes halogenated alkanes) is 1. The number of hydrogen-bond donors (Lipinski definition) is 2. The molecule has 0 aliphatic carbocycles. The third-order valence-corrected chi connectivity index (χ3v) is 6.44. The highest BCUT2D eigenvalue weighted by Crippen LogP contribution is 2.33. The first kappa shape index (κ1) is 24.5. The van der Waals surface area contributed by atoms with E-state index in [-0.39, 0.29) is 11.7 Å². The maximum atomic E-state index is 13.1. The second kappa shape index (κ2) is 10.7. The van der Waals surface area contributed by atoms with Crippen molar-refractivity contribution >= 4 is 11.8 Å². The molecule has 34 heavy (non-hydrogen) atoms. The number of carboxylic acids is 1. The van der Waals surface area contributed by atoms with Crippen LogP contribution in [-0.4, -0.2) is 53.3 Å². The molecule has 0 radical (unpaired) electrons. The third kappa shape index (κ3) is 6.07. The lowest BCUT2D eigenvalue weighted by Crippen LogP contribution is -2.33. The molecule has 184 valence electrons. The van der Waals surface area contributed by atoms with E-state index in [1.807, 2.05) is 0 Å². The zero-order valence-electron chi connectivity index (χ0n) is 19.0. The summed E-state index contributed by atoms with van der Waals surface area (Å²) in [6.45, 7) is 2.37. The van der Waals surface area contributed by atoms with Crippen LogP contribution in [-0.2, 0) is 28.5 Å². The van der Waals surface area contributed by atoms with E-state index in [0.717, 1.165) is 62.3 Å². The Morgan fingerprint density at radius 1 is 1.26 bits per heavy atom. The number of ether oxygens (including phenoxy) is 1. The molecule has 0 bridgehead atoms. The van der Waals surface area contributed by atoms with E-state index in [1.54, 1.807) is 4.90 Å². The minimum atomic E-state index is -4.51. The van der Waals surface area contributed by atoms with E-state index in [1.165, 1.54) is 17.7 Å². The fourth-order valence-corrected chi connectivity index (χ4v) is 4.69. The molecule has 3 heterocycles. The number of carboxylic acid groups (broad SMARTS) is 1. The molecule has 0 unspecified atom stereocenters. The van der Waals surface area contributed by atoms with Crippen molar-refractivity contribution in [2.75, 3.05) is 31.6 Å². The van der Waals surface area contributed by atoms with Crippen LogP contribution >= 0.6 is 0 Å². The number of anilines is 1. The molecule has 1 fully saturated rings. The van der Waals surface area contributed by atoms with Crippen molar-refractivity contribution in [3.8, 4) is 0 Å². The fourth-order valence-electron chi connectivity index (χ4n) is 4.69. The number of benzene rings is 1. The standard InChI is InChI=1S/C25H30F3N3O3/c26-25(27,28)19-7-3-5-18(15-19)22(24(32)33)31-13-11-21(16-31)34-14-2-1-8-20-10-9-17-6-4-12-29-23(17)30-20/h3,5,7,9-10,15,21-22H,1-2,4,6,8,11-14,16H2,(H,29,30)(H,32,33)/t21-,22+/m1/s1. The molecule has 2 N–H and O–H groups in total. The van der Waals surface area contributed by atoms with Gasteiger partial charge in [0, 0.05) is 31.9 Å². The second-order valence-corrected chi connectivity index (χ2v) is 8.94. The van der Waals surface area contributed by atoms with Crippen molar-refractivity contribution in [1.29, 1.82) is 0 Å². The van der Waals surface area contributed by atoms with E-state index in [4.69, 9.17) is 9.72 Å². The molecule has 0 amide bonds. The Morgan fingerprint density at radius 3 is 2.91 bits per heavy atom. The predicted molar refractivity (Wildman–Crippen MR) is 122 cm³/mol. The highest BCUT2D eigenvalue weighted by Gasteiger charge is 2.36. The molecule has 2 aliphatic rings. The van der Waals surface area contributed by atoms with Gasteiger partial charge in [-0.25, -0.2) is 4.98 Å². The summed E-state index contributed by atoms with van der Waals surface area (Å²) in [7, 11) is 0. The lowest BCUT2D eigenvalue weighted by atomic mass is 10.0. The van der Waals surface area contributed by atoms with Crippen molar-refractivity contribution in [2.24, 2.45) is 0 Å². The lowest BCUT2D eigenvalue weighted by Gasteiger charge is -2.25. The van der Waals surface area contributed by atoms with Crippen LogP contribution in [0.2, 0.25) is 0 Å². The number of rotatable bonds is 9. The van der Waals surface area contributed by atoms with Crippen LogP contribution < -0.4 is 5.32 Å². The number of halogens is 3. The monoisotopic (exact) mass is 477 g/mol. The minimum absolute atomic E-state index is 0.126. The van der Waals surface area contributed by atoms with Crippen LogP contribution in [0.25, 0.3) is 0 Å². The first-order chi connectivity index (χ1) is 16.3. The molecule has 0 spiro atoms. The zero-order chi connectivity index (χ0) is 24.1. The summed E-state index contributed by atoms with van der Waals surface area (Å²) in [6, 6.07) is 7.68. The minimum Gasteiger partial charge on any atom is -0.480 e. The Balaban J connectivity index is 1.24. The zero-order valence-corrected chi connectivity index (χ0v) is 19.0. The van der Waals surface area contributed by atoms with Gasteiger partial charge >= 0.3 is 12.1 Å². The number of nitrogens with one attached hydrogen (secondary N) is 1. The molecule has 2 aromatic rings. The summed E-state index contributed by atoms with van der Waals surface area (Å²) in [4.78, 5) is 18.3. The normalized spacial score (nSPS) is 19.4. The number of aliphatic carboxylic acids is 1. The number of hydrogen-bond acceptors (Lipinski definition) is 5. The molecule has 2 atom stereocenters. The van der Waals surface area contributed by atoms with Gasteiger partial charge in [0.25, 0.3) is 0 Å². The number of carbonyl (C=O) groups is 1. The number of fused-ring (bicyclic) bond motifs is 1. The molecule has 2 aliphatic heterocycles. The van der Waals surface area contributed by atoms with Gasteiger partial charge in [0.1, 0.15) is 11.9 Å². The van der Waals surface area contributed by atoms with Crippen molar-refractivity contribution < 1.29 is 27.8 Å². The van der Waals surface area contributed by atoms with Gasteiger partial charge in [-0.3, -0.25) is 9.69 Å². The van der Waals surface area contributed by atoms with Gasteiger partial charge in [0.15, 0.2) is 0 Å². The van der Waals surface area contributed by atoms with Gasteiger partial charge in [-0.15, -0.1) is 0 Å². The number of aryl methyl sites for hydroxylation is 2. The van der Waals surface area contributed by atoms with Crippen LogP contribution in [0.1, 0.15) is 54.1 Å². The lowest BCUT2D eigenvalue weighted by molar-refractivity contribution is -0.144. The third-order valence-electron chi connectivity index (χ3n) is 6.44. The predicted octanol–water partition coefficient (Wildman–Crippen LogP) is 4.70. The highest BCUT2D eigenvalue weighted by molar-refractivity contribution is 5.75. The van der Waals surface area contributed by atoms with E-state index >= 15 is 0 Å². The van der Waals surface area contributed by atoms with Crippen molar-refractivity contribution in [2.45, 2.75) is 56.8 Å². The number of alkyl halides is 3. The molecule has 1 aromatic heterocycles. The van der Waals surface area contributed by atoms with Crippen LogP contribution in [0, 0.1) is 0 Å². The largest absolute Gasteiger partial charge is 0.480 e. The maximum Gasteiger partial charge on any atom is 0.416 e. The van der Waals surface area contributed by atoms with E-state index in [9.17, 15) is 23.1 Å². The summed E-state index contributed by atoms with van der Waals surface area (Å²) in [5, 5.41) is 13.1.